The van der Waals surface area contributed by atoms with Crippen LogP contribution in [-0.4, -0.2) is 0 Å². The fourth-order valence-electron chi connectivity index (χ4n) is 1.35. The van der Waals surface area contributed by atoms with Gasteiger partial charge in [-0.1, -0.05) is 0 Å². The first-order valence-corrected chi connectivity index (χ1v) is 4.13. The molecule has 12 heavy (non-hydrogen) atoms. The van der Waals surface area contributed by atoms with Gasteiger partial charge < -0.3 is 11.5 Å². The molecule has 0 aliphatic carbocycles. The molecule has 0 saturated heterocycles. The number of nitrogen functional groups attached to an aromatic ring is 1. The topological polar surface area (TPSA) is 52.0 Å². The lowest BCUT2D eigenvalue weighted by Gasteiger charge is -2.12. The molecule has 0 unspecified atom stereocenters. The van der Waals surface area contributed by atoms with Crippen molar-refractivity contribution in [2.45, 2.75) is 27.3 Å². The van der Waals surface area contributed by atoms with Crippen LogP contribution in [0.2, 0.25) is 0 Å². The molecule has 0 aliphatic heterocycles. The van der Waals surface area contributed by atoms with Gasteiger partial charge in [0.05, 0.1) is 0 Å². The maximum absolute atomic E-state index is 5.81. The Morgan fingerprint density at radius 2 is 1.67 bits per heavy atom. The number of hydrogen-bond donors (Lipinski definition) is 2. The summed E-state index contributed by atoms with van der Waals surface area (Å²) < 4.78 is 0. The highest BCUT2D eigenvalue weighted by Gasteiger charge is 2.05. The van der Waals surface area contributed by atoms with E-state index in [1.165, 1.54) is 16.7 Å². The number of rotatable bonds is 1. The largest absolute Gasteiger partial charge is 0.398 e. The van der Waals surface area contributed by atoms with Crippen LogP contribution in [0.5, 0.6) is 0 Å². The first-order valence-electron chi connectivity index (χ1n) is 4.13. The van der Waals surface area contributed by atoms with Crippen molar-refractivity contribution in [2.75, 3.05) is 5.73 Å². The van der Waals surface area contributed by atoms with Gasteiger partial charge in [0.2, 0.25) is 0 Å². The predicted molar refractivity (Wildman–Crippen MR) is 53.0 cm³/mol. The summed E-state index contributed by atoms with van der Waals surface area (Å²) in [5.41, 5.74) is 17.1. The van der Waals surface area contributed by atoms with E-state index in [1.54, 1.807) is 0 Å². The van der Waals surface area contributed by atoms with E-state index in [-0.39, 0.29) is 0 Å². The van der Waals surface area contributed by atoms with E-state index in [0.29, 0.717) is 6.54 Å². The molecule has 0 atom stereocenters. The van der Waals surface area contributed by atoms with Crippen molar-refractivity contribution in [3.05, 3.63) is 28.3 Å². The molecule has 2 nitrogen and oxygen atoms in total. The zero-order valence-electron chi connectivity index (χ0n) is 7.94. The summed E-state index contributed by atoms with van der Waals surface area (Å²) >= 11 is 0. The molecule has 0 bridgehead atoms. The van der Waals surface area contributed by atoms with E-state index in [0.717, 1.165) is 11.3 Å². The lowest BCUT2D eigenvalue weighted by molar-refractivity contribution is 1.04. The van der Waals surface area contributed by atoms with Crippen molar-refractivity contribution in [1.82, 2.24) is 0 Å². The standard InChI is InChI=1S/C10H16N2/c1-6-7(2)9(5-11)4-10(12)8(6)3/h4H,5,11-12H2,1-3H3. The SMILES string of the molecule is Cc1c(N)cc(CN)c(C)c1C. The minimum Gasteiger partial charge on any atom is -0.398 e. The Morgan fingerprint density at radius 1 is 1.08 bits per heavy atom. The van der Waals surface area contributed by atoms with Crippen LogP contribution in [0.3, 0.4) is 0 Å². The van der Waals surface area contributed by atoms with Crippen LogP contribution < -0.4 is 11.5 Å². The van der Waals surface area contributed by atoms with E-state index in [2.05, 4.69) is 13.8 Å². The lowest BCUT2D eigenvalue weighted by Crippen LogP contribution is -2.04. The molecule has 0 spiro atoms. The average Bonchev–Trinajstić information content (AvgIpc) is 2.08. The summed E-state index contributed by atoms with van der Waals surface area (Å²) in [4.78, 5) is 0. The van der Waals surface area contributed by atoms with Gasteiger partial charge in [0, 0.05) is 12.2 Å². The molecule has 1 rings (SSSR count). The molecule has 0 aromatic heterocycles. The Kier molecular flexibility index (Phi) is 2.38. The van der Waals surface area contributed by atoms with E-state index in [1.807, 2.05) is 13.0 Å². The number of hydrogen-bond acceptors (Lipinski definition) is 2. The third-order valence-corrected chi connectivity index (χ3v) is 2.59. The smallest absolute Gasteiger partial charge is 0.0349 e. The van der Waals surface area contributed by atoms with Crippen molar-refractivity contribution >= 4 is 5.69 Å². The van der Waals surface area contributed by atoms with Gasteiger partial charge in [0.25, 0.3) is 0 Å². The molecule has 0 heterocycles. The van der Waals surface area contributed by atoms with Crippen molar-refractivity contribution in [3.8, 4) is 0 Å². The summed E-state index contributed by atoms with van der Waals surface area (Å²) in [5.74, 6) is 0. The Morgan fingerprint density at radius 3 is 2.17 bits per heavy atom. The summed E-state index contributed by atoms with van der Waals surface area (Å²) in [7, 11) is 0. The quantitative estimate of drug-likeness (QED) is 0.620. The molecule has 1 aromatic rings. The van der Waals surface area contributed by atoms with E-state index in [4.69, 9.17) is 11.5 Å². The number of nitrogens with two attached hydrogens (primary N) is 2. The molecule has 0 fully saturated rings. The first kappa shape index (κ1) is 9.07. The summed E-state index contributed by atoms with van der Waals surface area (Å²) in [6, 6.07) is 1.97. The number of anilines is 1. The third-order valence-electron chi connectivity index (χ3n) is 2.59. The Hall–Kier alpha value is -1.02. The van der Waals surface area contributed by atoms with Crippen LogP contribution in [0.4, 0.5) is 5.69 Å². The molecule has 66 valence electrons. The number of benzene rings is 1. The molecule has 2 heteroatoms. The van der Waals surface area contributed by atoms with Gasteiger partial charge in [-0.2, -0.15) is 0 Å². The predicted octanol–water partition coefficient (Wildman–Crippen LogP) is 1.65. The van der Waals surface area contributed by atoms with Gasteiger partial charge in [-0.05, 0) is 49.1 Å². The van der Waals surface area contributed by atoms with Crippen LogP contribution in [0, 0.1) is 20.8 Å². The van der Waals surface area contributed by atoms with Gasteiger partial charge in [-0.25, -0.2) is 0 Å². The minimum atomic E-state index is 0.567. The molecule has 0 radical (unpaired) electrons. The maximum atomic E-state index is 5.81. The fourth-order valence-corrected chi connectivity index (χ4v) is 1.35. The van der Waals surface area contributed by atoms with Crippen LogP contribution >= 0.6 is 0 Å². The maximum Gasteiger partial charge on any atom is 0.0349 e. The lowest BCUT2D eigenvalue weighted by atomic mass is 9.97. The molecule has 0 saturated carbocycles. The zero-order chi connectivity index (χ0) is 9.30. The Balaban J connectivity index is 3.39. The van der Waals surface area contributed by atoms with Gasteiger partial charge >= 0.3 is 0 Å². The highest BCUT2D eigenvalue weighted by Crippen LogP contribution is 2.22. The highest BCUT2D eigenvalue weighted by molar-refractivity contribution is 5.55. The summed E-state index contributed by atoms with van der Waals surface area (Å²) in [6.07, 6.45) is 0. The third kappa shape index (κ3) is 1.30. The van der Waals surface area contributed by atoms with Crippen molar-refractivity contribution in [2.24, 2.45) is 5.73 Å². The molecular formula is C10H16N2. The van der Waals surface area contributed by atoms with E-state index < -0.39 is 0 Å². The van der Waals surface area contributed by atoms with Crippen LogP contribution in [0.25, 0.3) is 0 Å². The Bertz CT molecular complexity index is 303. The van der Waals surface area contributed by atoms with Crippen molar-refractivity contribution < 1.29 is 0 Å². The average molecular weight is 164 g/mol. The second kappa shape index (κ2) is 3.15. The molecule has 0 amide bonds. The summed E-state index contributed by atoms with van der Waals surface area (Å²) in [6.45, 7) is 6.78. The normalized spacial score (nSPS) is 10.3. The first-order chi connectivity index (χ1) is 5.57. The van der Waals surface area contributed by atoms with E-state index in [9.17, 15) is 0 Å². The van der Waals surface area contributed by atoms with Gasteiger partial charge in [0.1, 0.15) is 0 Å². The molecular weight excluding hydrogens is 148 g/mol. The zero-order valence-corrected chi connectivity index (χ0v) is 7.94. The molecule has 1 aromatic carbocycles. The van der Waals surface area contributed by atoms with Gasteiger partial charge in [0.15, 0.2) is 0 Å². The van der Waals surface area contributed by atoms with E-state index >= 15 is 0 Å². The summed E-state index contributed by atoms with van der Waals surface area (Å²) in [5, 5.41) is 0. The van der Waals surface area contributed by atoms with Crippen molar-refractivity contribution in [1.29, 1.82) is 0 Å². The Labute approximate surface area is 73.6 Å². The monoisotopic (exact) mass is 164 g/mol. The second-order valence-corrected chi connectivity index (χ2v) is 3.20. The second-order valence-electron chi connectivity index (χ2n) is 3.20. The van der Waals surface area contributed by atoms with Gasteiger partial charge in [-0.15, -0.1) is 0 Å². The van der Waals surface area contributed by atoms with Gasteiger partial charge in [-0.3, -0.25) is 0 Å². The van der Waals surface area contributed by atoms with Crippen LogP contribution in [0.15, 0.2) is 6.07 Å². The van der Waals surface area contributed by atoms with Crippen molar-refractivity contribution in [3.63, 3.8) is 0 Å². The molecule has 4 N–H and O–H groups in total. The molecule has 0 aliphatic rings. The minimum absolute atomic E-state index is 0.567. The van der Waals surface area contributed by atoms with Crippen LogP contribution in [-0.2, 0) is 6.54 Å². The van der Waals surface area contributed by atoms with Crippen LogP contribution in [0.1, 0.15) is 22.3 Å². The highest BCUT2D eigenvalue weighted by atomic mass is 14.6. The fraction of sp³-hybridized carbons (Fsp3) is 0.400.